The molecule has 1 aliphatic carbocycles. The number of amides is 1. The number of carbonyl (C=O) groups is 1. The van der Waals surface area contributed by atoms with Crippen molar-refractivity contribution in [2.45, 2.75) is 25.1 Å². The summed E-state index contributed by atoms with van der Waals surface area (Å²) in [4.78, 5) is 11.2. The molecule has 0 aromatic rings. The first-order valence-electron chi connectivity index (χ1n) is 4.22. The van der Waals surface area contributed by atoms with Crippen LogP contribution in [0.3, 0.4) is 0 Å². The lowest BCUT2D eigenvalue weighted by Gasteiger charge is -2.47. The van der Waals surface area contributed by atoms with Crippen LogP contribution in [0.1, 0.15) is 12.8 Å². The van der Waals surface area contributed by atoms with E-state index in [4.69, 9.17) is 0 Å². The number of hydrogen-bond donors (Lipinski definition) is 1. The Hall–Kier alpha value is -0.780. The summed E-state index contributed by atoms with van der Waals surface area (Å²) in [5.41, 5.74) is -2.34. The van der Waals surface area contributed by atoms with E-state index in [1.54, 1.807) is 0 Å². The van der Waals surface area contributed by atoms with Gasteiger partial charge in [0.15, 0.2) is 5.41 Å². The van der Waals surface area contributed by atoms with Crippen molar-refractivity contribution >= 4 is 5.91 Å². The molecule has 0 aromatic heterocycles. The van der Waals surface area contributed by atoms with Gasteiger partial charge in [0.1, 0.15) is 0 Å². The van der Waals surface area contributed by atoms with Crippen molar-refractivity contribution in [3.05, 3.63) is 0 Å². The molecule has 0 heterocycles. The first-order valence-corrected chi connectivity index (χ1v) is 4.22. The van der Waals surface area contributed by atoms with Crippen molar-refractivity contribution in [3.8, 4) is 0 Å². The molecule has 3 nitrogen and oxygen atoms in total. The Labute approximate surface area is 79.6 Å². The second-order valence-electron chi connectivity index (χ2n) is 3.31. The summed E-state index contributed by atoms with van der Waals surface area (Å²) < 4.78 is 42.7. The lowest BCUT2D eigenvalue weighted by atomic mass is 9.64. The zero-order valence-corrected chi connectivity index (χ0v) is 7.94. The number of hydrogen-bond acceptors (Lipinski definition) is 2. The molecule has 1 N–H and O–H groups in total. The maximum Gasteiger partial charge on any atom is 0.405 e. The molecule has 6 heteroatoms. The van der Waals surface area contributed by atoms with E-state index in [0.717, 1.165) is 0 Å². The summed E-state index contributed by atoms with van der Waals surface area (Å²) in [5.74, 6) is -1.01. The largest absolute Gasteiger partial charge is 0.405 e. The van der Waals surface area contributed by atoms with Gasteiger partial charge < -0.3 is 10.1 Å². The number of carbonyl (C=O) groups excluding carboxylic acids is 1. The number of ether oxygens (including phenoxy) is 1. The quantitative estimate of drug-likeness (QED) is 0.742. The monoisotopic (exact) mass is 211 g/mol. The van der Waals surface area contributed by atoms with E-state index in [-0.39, 0.29) is 12.8 Å². The van der Waals surface area contributed by atoms with Crippen LogP contribution < -0.4 is 5.32 Å². The van der Waals surface area contributed by atoms with E-state index in [1.807, 2.05) is 5.32 Å². The zero-order chi connectivity index (χ0) is 11.0. The number of halogens is 3. The third-order valence-electron chi connectivity index (χ3n) is 2.77. The summed E-state index contributed by atoms with van der Waals surface area (Å²) in [6, 6.07) is 0. The third-order valence-corrected chi connectivity index (χ3v) is 2.77. The van der Waals surface area contributed by atoms with Gasteiger partial charge in [0, 0.05) is 14.2 Å². The minimum atomic E-state index is -4.55. The highest BCUT2D eigenvalue weighted by Crippen LogP contribution is 2.54. The van der Waals surface area contributed by atoms with Crippen molar-refractivity contribution in [3.63, 3.8) is 0 Å². The summed E-state index contributed by atoms with van der Waals surface area (Å²) in [5, 5.41) is 2.04. The fourth-order valence-electron chi connectivity index (χ4n) is 1.81. The van der Waals surface area contributed by atoms with Gasteiger partial charge in [0.2, 0.25) is 5.91 Å². The van der Waals surface area contributed by atoms with Crippen LogP contribution in [0.2, 0.25) is 0 Å². The fraction of sp³-hybridized carbons (Fsp3) is 0.875. The number of alkyl halides is 3. The number of rotatable bonds is 2. The molecule has 0 saturated heterocycles. The first-order chi connectivity index (χ1) is 6.40. The van der Waals surface area contributed by atoms with Crippen molar-refractivity contribution < 1.29 is 22.7 Å². The number of nitrogens with one attached hydrogen (secondary N) is 1. The van der Waals surface area contributed by atoms with Gasteiger partial charge in [0.05, 0.1) is 6.10 Å². The Kier molecular flexibility index (Phi) is 2.76. The predicted molar refractivity (Wildman–Crippen MR) is 42.6 cm³/mol. The normalized spacial score (nSPS) is 32.2. The van der Waals surface area contributed by atoms with Gasteiger partial charge in [-0.2, -0.15) is 13.2 Å². The van der Waals surface area contributed by atoms with Crippen LogP contribution in [-0.4, -0.2) is 32.3 Å². The molecule has 0 aromatic carbocycles. The topological polar surface area (TPSA) is 38.3 Å². The lowest BCUT2D eigenvalue weighted by molar-refractivity contribution is -0.280. The highest BCUT2D eigenvalue weighted by atomic mass is 19.4. The van der Waals surface area contributed by atoms with E-state index in [1.165, 1.54) is 14.2 Å². The second kappa shape index (κ2) is 3.42. The van der Waals surface area contributed by atoms with E-state index in [9.17, 15) is 18.0 Å². The summed E-state index contributed by atoms with van der Waals surface area (Å²) >= 11 is 0. The molecular weight excluding hydrogens is 199 g/mol. The van der Waals surface area contributed by atoms with Crippen LogP contribution in [0.4, 0.5) is 13.2 Å². The fourth-order valence-corrected chi connectivity index (χ4v) is 1.81. The van der Waals surface area contributed by atoms with Crippen molar-refractivity contribution in [2.24, 2.45) is 5.41 Å². The van der Waals surface area contributed by atoms with Gasteiger partial charge in [-0.25, -0.2) is 0 Å². The third kappa shape index (κ3) is 1.28. The molecular formula is C8H12F3NO2. The van der Waals surface area contributed by atoms with Crippen LogP contribution in [0.25, 0.3) is 0 Å². The van der Waals surface area contributed by atoms with Crippen molar-refractivity contribution in [2.75, 3.05) is 14.2 Å². The molecule has 0 radical (unpaired) electrons. The molecule has 1 amide bonds. The molecule has 0 bridgehead atoms. The van der Waals surface area contributed by atoms with Gasteiger partial charge in [-0.1, -0.05) is 0 Å². The predicted octanol–water partition coefficient (Wildman–Crippen LogP) is 1.09. The van der Waals surface area contributed by atoms with Gasteiger partial charge in [-0.15, -0.1) is 0 Å². The molecule has 1 aliphatic rings. The SMILES string of the molecule is CNC(=O)C1(C(F)(F)F)CCC1OC. The van der Waals surface area contributed by atoms with E-state index >= 15 is 0 Å². The molecule has 2 unspecified atom stereocenters. The lowest BCUT2D eigenvalue weighted by Crippen LogP contribution is -2.63. The minimum Gasteiger partial charge on any atom is -0.380 e. The van der Waals surface area contributed by atoms with Gasteiger partial charge in [-0.3, -0.25) is 4.79 Å². The van der Waals surface area contributed by atoms with Crippen LogP contribution in [0.5, 0.6) is 0 Å². The Balaban J connectivity index is 2.98. The smallest absolute Gasteiger partial charge is 0.380 e. The van der Waals surface area contributed by atoms with Gasteiger partial charge in [-0.05, 0) is 12.8 Å². The second-order valence-corrected chi connectivity index (χ2v) is 3.31. The molecule has 1 rings (SSSR count). The Morgan fingerprint density at radius 1 is 1.57 bits per heavy atom. The average molecular weight is 211 g/mol. The Morgan fingerprint density at radius 3 is 2.36 bits per heavy atom. The standard InChI is InChI=1S/C8H12F3NO2/c1-12-6(13)7(8(9,10)11)4-3-5(7)14-2/h5H,3-4H2,1-2H3,(H,12,13). The molecule has 82 valence electrons. The van der Waals surface area contributed by atoms with E-state index < -0.39 is 23.6 Å². The average Bonchev–Trinajstić information content (AvgIpc) is 2.01. The van der Waals surface area contributed by atoms with E-state index in [0.29, 0.717) is 0 Å². The molecule has 1 saturated carbocycles. The summed E-state index contributed by atoms with van der Waals surface area (Å²) in [6.45, 7) is 0. The molecule has 0 spiro atoms. The van der Waals surface area contributed by atoms with Crippen LogP contribution in [0.15, 0.2) is 0 Å². The maximum atomic E-state index is 12.7. The Morgan fingerprint density at radius 2 is 2.14 bits per heavy atom. The van der Waals surface area contributed by atoms with Crippen LogP contribution >= 0.6 is 0 Å². The molecule has 14 heavy (non-hydrogen) atoms. The van der Waals surface area contributed by atoms with Crippen LogP contribution in [-0.2, 0) is 9.53 Å². The van der Waals surface area contributed by atoms with Crippen LogP contribution in [0, 0.1) is 5.41 Å². The molecule has 1 fully saturated rings. The minimum absolute atomic E-state index is 0.200. The Bertz CT molecular complexity index is 239. The van der Waals surface area contributed by atoms with Crippen molar-refractivity contribution in [1.82, 2.24) is 5.32 Å². The van der Waals surface area contributed by atoms with E-state index in [2.05, 4.69) is 4.74 Å². The molecule has 0 aliphatic heterocycles. The highest BCUT2D eigenvalue weighted by Gasteiger charge is 2.69. The highest BCUT2D eigenvalue weighted by molar-refractivity contribution is 5.85. The summed E-state index contributed by atoms with van der Waals surface area (Å²) in [6.07, 6.45) is -5.54. The maximum absolute atomic E-state index is 12.7. The zero-order valence-electron chi connectivity index (χ0n) is 7.94. The van der Waals surface area contributed by atoms with Gasteiger partial charge >= 0.3 is 6.18 Å². The first kappa shape index (κ1) is 11.3. The molecule has 2 atom stereocenters. The van der Waals surface area contributed by atoms with Crippen molar-refractivity contribution in [1.29, 1.82) is 0 Å². The number of methoxy groups -OCH3 is 1. The van der Waals surface area contributed by atoms with Gasteiger partial charge in [0.25, 0.3) is 0 Å². The summed E-state index contributed by atoms with van der Waals surface area (Å²) in [7, 11) is 2.38.